The second kappa shape index (κ2) is 21.6. The van der Waals surface area contributed by atoms with Gasteiger partial charge < -0.3 is 0 Å². The molecule has 0 aliphatic heterocycles. The molecule has 0 bridgehead atoms. The van der Waals surface area contributed by atoms with E-state index < -0.39 is 0 Å². The quantitative estimate of drug-likeness (QED) is 0.352. The van der Waals surface area contributed by atoms with Crippen LogP contribution in [0.3, 0.4) is 0 Å². The molecule has 0 spiro atoms. The van der Waals surface area contributed by atoms with Gasteiger partial charge in [0.25, 0.3) is 0 Å². The second-order valence-electron chi connectivity index (χ2n) is 5.81. The first-order valence-corrected chi connectivity index (χ1v) is 7.10. The molecular formula is C18H29Cl3Zr2. The van der Waals surface area contributed by atoms with Crippen LogP contribution in [0.15, 0.2) is 35.5 Å². The van der Waals surface area contributed by atoms with Crippen LogP contribution in [-0.2, 0) is 52.4 Å². The molecule has 2 aliphatic carbocycles. The Balaban J connectivity index is -0.0000000771. The molecule has 0 saturated heterocycles. The maximum absolute atomic E-state index is 3.29. The Morgan fingerprint density at radius 2 is 1.09 bits per heavy atom. The van der Waals surface area contributed by atoms with E-state index >= 15 is 0 Å². The van der Waals surface area contributed by atoms with Gasteiger partial charge in [-0.25, -0.2) is 23.3 Å². The Bertz CT molecular complexity index is 334. The Kier molecular flexibility index (Phi) is 33.6. The van der Waals surface area contributed by atoms with Crippen LogP contribution in [0.25, 0.3) is 0 Å². The average Bonchev–Trinajstić information content (AvgIpc) is 2.90. The first-order valence-electron chi connectivity index (χ1n) is 7.10. The van der Waals surface area contributed by atoms with E-state index in [4.69, 9.17) is 0 Å². The van der Waals surface area contributed by atoms with Crippen LogP contribution in [0.2, 0.25) is 0 Å². The van der Waals surface area contributed by atoms with Crippen LogP contribution in [-0.4, -0.2) is 0 Å². The van der Waals surface area contributed by atoms with E-state index in [2.05, 4.69) is 64.2 Å². The van der Waals surface area contributed by atoms with Gasteiger partial charge in [0, 0.05) is 26.2 Å². The molecule has 5 heteroatoms. The van der Waals surface area contributed by atoms with Gasteiger partial charge in [0.1, 0.15) is 0 Å². The van der Waals surface area contributed by atoms with Gasteiger partial charge in [0.05, 0.1) is 0 Å². The van der Waals surface area contributed by atoms with Crippen molar-refractivity contribution in [2.24, 2.45) is 11.8 Å². The van der Waals surface area contributed by atoms with Crippen LogP contribution in [0.1, 0.15) is 53.4 Å². The summed E-state index contributed by atoms with van der Waals surface area (Å²) in [7, 11) is 0. The molecule has 0 aromatic carbocycles. The maximum Gasteiger partial charge on any atom is 2.00 e. The standard InChI is InChI=1S/2C9H13.3ClH.2Zr/c2*1-8(2)7-9-5-3-4-6-9;;;;;/h2*3,5,8H,4,7H2,1-2H3;3*1H;;/q2*-1;;;;;+2. The molecule has 0 amide bonds. The molecule has 0 unspecified atom stereocenters. The molecule has 130 valence electrons. The van der Waals surface area contributed by atoms with E-state index in [1.165, 1.54) is 24.0 Å². The van der Waals surface area contributed by atoms with Crippen molar-refractivity contribution in [2.45, 2.75) is 53.4 Å². The SMILES string of the molecule is CC(C)CC1=[C-]CC=C1.CC(C)CC1=[C-]CC=C1.Cl.Cl.Cl.[Zr+2].[Zr]. The molecular weight excluding hydrogens is 505 g/mol. The van der Waals surface area contributed by atoms with Crippen LogP contribution in [0, 0.1) is 24.0 Å². The van der Waals surface area contributed by atoms with Crippen molar-refractivity contribution < 1.29 is 52.4 Å². The van der Waals surface area contributed by atoms with Gasteiger partial charge in [-0.1, -0.05) is 40.5 Å². The fourth-order valence-corrected chi connectivity index (χ4v) is 2.06. The molecule has 0 aromatic heterocycles. The molecule has 0 fully saturated rings. The summed E-state index contributed by atoms with van der Waals surface area (Å²) in [5.41, 5.74) is 2.79. The van der Waals surface area contributed by atoms with Gasteiger partial charge in [-0.2, -0.15) is 12.2 Å². The van der Waals surface area contributed by atoms with E-state index in [-0.39, 0.29) is 89.6 Å². The maximum atomic E-state index is 3.29. The summed E-state index contributed by atoms with van der Waals surface area (Å²) in [6.07, 6.45) is 19.7. The smallest absolute Gasteiger partial charge is 0.269 e. The van der Waals surface area contributed by atoms with Gasteiger partial charge in [0.2, 0.25) is 0 Å². The number of hydrogen-bond donors (Lipinski definition) is 0. The van der Waals surface area contributed by atoms with Crippen molar-refractivity contribution in [2.75, 3.05) is 0 Å². The van der Waals surface area contributed by atoms with E-state index in [1.807, 2.05) is 0 Å². The molecule has 0 N–H and O–H groups in total. The van der Waals surface area contributed by atoms with Gasteiger partial charge >= 0.3 is 26.2 Å². The zero-order chi connectivity index (χ0) is 13.4. The minimum absolute atomic E-state index is 0. The Morgan fingerprint density at radius 1 is 0.783 bits per heavy atom. The van der Waals surface area contributed by atoms with Crippen LogP contribution < -0.4 is 0 Å². The van der Waals surface area contributed by atoms with E-state index in [0.717, 1.165) is 24.7 Å². The Hall–Kier alpha value is 1.60. The van der Waals surface area contributed by atoms with E-state index in [9.17, 15) is 0 Å². The number of halogens is 3. The molecule has 23 heavy (non-hydrogen) atoms. The van der Waals surface area contributed by atoms with Gasteiger partial charge in [0.15, 0.2) is 0 Å². The second-order valence-corrected chi connectivity index (χ2v) is 5.81. The number of rotatable bonds is 4. The van der Waals surface area contributed by atoms with E-state index in [1.54, 1.807) is 0 Å². The van der Waals surface area contributed by atoms with Gasteiger partial charge in [-0.3, -0.25) is 12.2 Å². The first-order chi connectivity index (χ1) is 8.58. The zero-order valence-corrected chi connectivity index (χ0v) is 21.9. The van der Waals surface area contributed by atoms with Crippen molar-refractivity contribution >= 4 is 37.2 Å². The van der Waals surface area contributed by atoms with Gasteiger partial charge in [-0.15, -0.1) is 50.1 Å². The minimum atomic E-state index is 0. The summed E-state index contributed by atoms with van der Waals surface area (Å²) in [6, 6.07) is 0. The minimum Gasteiger partial charge on any atom is -0.269 e. The normalized spacial score (nSPS) is 13.3. The fraction of sp³-hybridized carbons (Fsp3) is 0.556. The molecule has 0 aromatic rings. The molecule has 0 radical (unpaired) electrons. The number of hydrogen-bond acceptors (Lipinski definition) is 0. The monoisotopic (exact) mass is 530 g/mol. The largest absolute Gasteiger partial charge is 2.00 e. The zero-order valence-electron chi connectivity index (χ0n) is 14.5. The average molecular weight is 534 g/mol. The summed E-state index contributed by atoms with van der Waals surface area (Å²) >= 11 is 0. The van der Waals surface area contributed by atoms with Gasteiger partial charge in [-0.05, 0) is 11.8 Å². The Morgan fingerprint density at radius 3 is 1.26 bits per heavy atom. The summed E-state index contributed by atoms with van der Waals surface area (Å²) in [4.78, 5) is 0. The molecule has 0 heterocycles. The summed E-state index contributed by atoms with van der Waals surface area (Å²) in [6.45, 7) is 8.95. The molecule has 0 atom stereocenters. The fourth-order valence-electron chi connectivity index (χ4n) is 2.06. The van der Waals surface area contributed by atoms with Crippen molar-refractivity contribution in [3.05, 3.63) is 47.6 Å². The first kappa shape index (κ1) is 35.7. The summed E-state index contributed by atoms with van der Waals surface area (Å²) in [5, 5.41) is 0. The summed E-state index contributed by atoms with van der Waals surface area (Å²) in [5.74, 6) is 1.55. The van der Waals surface area contributed by atoms with Crippen molar-refractivity contribution in [3.8, 4) is 0 Å². The van der Waals surface area contributed by atoms with Crippen molar-refractivity contribution in [3.63, 3.8) is 0 Å². The predicted molar refractivity (Wildman–Crippen MR) is 102 cm³/mol. The third-order valence-corrected chi connectivity index (χ3v) is 2.79. The topological polar surface area (TPSA) is 0 Å². The summed E-state index contributed by atoms with van der Waals surface area (Å²) < 4.78 is 0. The van der Waals surface area contributed by atoms with E-state index in [0.29, 0.717) is 0 Å². The molecule has 2 aliphatic rings. The number of allylic oxidation sites excluding steroid dienone is 8. The van der Waals surface area contributed by atoms with Crippen LogP contribution in [0.5, 0.6) is 0 Å². The molecule has 0 saturated carbocycles. The molecule has 2 rings (SSSR count). The third kappa shape index (κ3) is 19.8. The third-order valence-electron chi connectivity index (χ3n) is 2.79. The van der Waals surface area contributed by atoms with Crippen LogP contribution >= 0.6 is 37.2 Å². The molecule has 0 nitrogen and oxygen atoms in total. The predicted octanol–water partition coefficient (Wildman–Crippen LogP) is 6.70. The Labute approximate surface area is 200 Å². The van der Waals surface area contributed by atoms with Crippen molar-refractivity contribution in [1.29, 1.82) is 0 Å². The van der Waals surface area contributed by atoms with Crippen molar-refractivity contribution in [1.82, 2.24) is 0 Å². The van der Waals surface area contributed by atoms with Crippen LogP contribution in [0.4, 0.5) is 0 Å².